The van der Waals surface area contributed by atoms with Gasteiger partial charge in [-0.1, -0.05) is 0 Å². The Morgan fingerprint density at radius 1 is 1.35 bits per heavy atom. The van der Waals surface area contributed by atoms with Crippen LogP contribution in [0.3, 0.4) is 0 Å². The maximum Gasteiger partial charge on any atom is 0.278 e. The number of nitrogens with two attached hydrogens (primary N) is 1. The predicted octanol–water partition coefficient (Wildman–Crippen LogP) is 0.660. The molecule has 4 N–H and O–H groups in total. The van der Waals surface area contributed by atoms with E-state index in [1.807, 2.05) is 6.92 Å². The average Bonchev–Trinajstić information content (AvgIpc) is 2.83. The second-order valence-electron chi connectivity index (χ2n) is 3.48. The summed E-state index contributed by atoms with van der Waals surface area (Å²) in [6, 6.07) is 0. The Bertz CT molecular complexity index is 754. The Morgan fingerprint density at radius 2 is 2.18 bits per heavy atom. The number of nitrogens with zero attached hydrogens (tertiary/aromatic N) is 3. The number of hydrogen-bond acceptors (Lipinski definition) is 6. The monoisotopic (exact) mass is 248 g/mol. The van der Waals surface area contributed by atoms with E-state index in [9.17, 15) is 4.79 Å². The van der Waals surface area contributed by atoms with Crippen LogP contribution >= 0.6 is 11.3 Å². The molecule has 86 valence electrons. The van der Waals surface area contributed by atoms with Gasteiger partial charge in [0.15, 0.2) is 17.0 Å². The van der Waals surface area contributed by atoms with Crippen LogP contribution in [0.2, 0.25) is 0 Å². The first kappa shape index (κ1) is 9.97. The molecule has 0 amide bonds. The maximum atomic E-state index is 11.6. The number of imidazole rings is 1. The van der Waals surface area contributed by atoms with Crippen molar-refractivity contribution in [2.45, 2.75) is 6.92 Å². The quantitative estimate of drug-likeness (QED) is 0.585. The Labute approximate surface area is 98.8 Å². The molecular formula is C9H8N6OS. The summed E-state index contributed by atoms with van der Waals surface area (Å²) in [5.41, 5.74) is 5.75. The molecule has 7 nitrogen and oxygen atoms in total. The Balaban J connectivity index is 2.27. The van der Waals surface area contributed by atoms with Gasteiger partial charge < -0.3 is 10.7 Å². The van der Waals surface area contributed by atoms with Gasteiger partial charge in [-0.25, -0.2) is 9.97 Å². The highest BCUT2D eigenvalue weighted by Gasteiger charge is 2.11. The van der Waals surface area contributed by atoms with Gasteiger partial charge in [0.25, 0.3) is 5.56 Å². The van der Waals surface area contributed by atoms with Crippen molar-refractivity contribution in [3.8, 4) is 10.7 Å². The summed E-state index contributed by atoms with van der Waals surface area (Å²) in [5.74, 6) is 0.634. The molecule has 0 unspecified atom stereocenters. The highest BCUT2D eigenvalue weighted by atomic mass is 32.1. The topological polar surface area (TPSA) is 113 Å². The molecule has 0 radical (unpaired) electrons. The molecule has 0 spiro atoms. The van der Waals surface area contributed by atoms with Gasteiger partial charge in [-0.2, -0.15) is 4.98 Å². The second kappa shape index (κ2) is 3.39. The first-order valence-electron chi connectivity index (χ1n) is 4.82. The SMILES string of the molecule is Cc1ncc(-c2nc3nc(N)[nH]c(=O)c3[nH]2)s1. The number of nitrogen functional groups attached to an aromatic ring is 1. The molecule has 3 aromatic rings. The molecule has 0 atom stereocenters. The normalized spacial score (nSPS) is 11.1. The zero-order valence-corrected chi connectivity index (χ0v) is 9.63. The number of aromatic amines is 2. The number of thiazole rings is 1. The van der Waals surface area contributed by atoms with E-state index in [4.69, 9.17) is 5.73 Å². The van der Waals surface area contributed by atoms with Gasteiger partial charge in [-0.3, -0.25) is 9.78 Å². The van der Waals surface area contributed by atoms with Gasteiger partial charge in [0.05, 0.1) is 9.88 Å². The lowest BCUT2D eigenvalue weighted by Crippen LogP contribution is -2.10. The molecule has 3 rings (SSSR count). The number of aryl methyl sites for hydroxylation is 1. The lowest BCUT2D eigenvalue weighted by atomic mass is 10.5. The molecule has 17 heavy (non-hydrogen) atoms. The van der Waals surface area contributed by atoms with Crippen LogP contribution in [0.5, 0.6) is 0 Å². The Morgan fingerprint density at radius 3 is 2.88 bits per heavy atom. The van der Waals surface area contributed by atoms with Gasteiger partial charge in [0.2, 0.25) is 5.95 Å². The fourth-order valence-corrected chi connectivity index (χ4v) is 2.23. The Hall–Kier alpha value is -2.22. The first-order chi connectivity index (χ1) is 8.13. The average molecular weight is 248 g/mol. The third-order valence-electron chi connectivity index (χ3n) is 2.23. The van der Waals surface area contributed by atoms with Crippen molar-refractivity contribution in [2.24, 2.45) is 0 Å². The van der Waals surface area contributed by atoms with E-state index in [2.05, 4.69) is 24.9 Å². The van der Waals surface area contributed by atoms with Crippen molar-refractivity contribution in [3.63, 3.8) is 0 Å². The minimum Gasteiger partial charge on any atom is -0.369 e. The summed E-state index contributed by atoms with van der Waals surface area (Å²) >= 11 is 1.49. The van der Waals surface area contributed by atoms with Crippen LogP contribution in [0.15, 0.2) is 11.0 Å². The van der Waals surface area contributed by atoms with E-state index in [1.165, 1.54) is 11.3 Å². The molecule has 0 fully saturated rings. The summed E-state index contributed by atoms with van der Waals surface area (Å²) in [7, 11) is 0. The van der Waals surface area contributed by atoms with Gasteiger partial charge in [-0.05, 0) is 6.92 Å². The van der Waals surface area contributed by atoms with E-state index >= 15 is 0 Å². The molecule has 8 heteroatoms. The van der Waals surface area contributed by atoms with E-state index in [0.29, 0.717) is 17.0 Å². The first-order valence-corrected chi connectivity index (χ1v) is 5.63. The van der Waals surface area contributed by atoms with Crippen LogP contribution in [0, 0.1) is 6.92 Å². The number of H-pyrrole nitrogens is 2. The smallest absolute Gasteiger partial charge is 0.278 e. The summed E-state index contributed by atoms with van der Waals surface area (Å²) in [5, 5.41) is 0.932. The number of fused-ring (bicyclic) bond motifs is 1. The van der Waals surface area contributed by atoms with Crippen LogP contribution < -0.4 is 11.3 Å². The van der Waals surface area contributed by atoms with Crippen molar-refractivity contribution >= 4 is 28.4 Å². The van der Waals surface area contributed by atoms with Crippen molar-refractivity contribution in [1.29, 1.82) is 0 Å². The number of aromatic nitrogens is 5. The van der Waals surface area contributed by atoms with Gasteiger partial charge in [-0.15, -0.1) is 11.3 Å². The molecule has 3 heterocycles. The highest BCUT2D eigenvalue weighted by Crippen LogP contribution is 2.23. The van der Waals surface area contributed by atoms with Crippen LogP contribution in [0.4, 0.5) is 5.95 Å². The van der Waals surface area contributed by atoms with E-state index in [0.717, 1.165) is 9.88 Å². The van der Waals surface area contributed by atoms with Crippen LogP contribution in [0.1, 0.15) is 5.01 Å². The molecule has 0 aliphatic heterocycles. The fraction of sp³-hybridized carbons (Fsp3) is 0.111. The molecule has 0 saturated heterocycles. The molecule has 0 saturated carbocycles. The van der Waals surface area contributed by atoms with E-state index in [1.54, 1.807) is 6.20 Å². The maximum absolute atomic E-state index is 11.6. The summed E-state index contributed by atoms with van der Waals surface area (Å²) in [6.45, 7) is 1.90. The second-order valence-corrected chi connectivity index (χ2v) is 4.71. The van der Waals surface area contributed by atoms with Gasteiger partial charge in [0, 0.05) is 6.20 Å². The molecule has 0 aromatic carbocycles. The third-order valence-corrected chi connectivity index (χ3v) is 3.15. The van der Waals surface area contributed by atoms with Crippen molar-refractivity contribution in [1.82, 2.24) is 24.9 Å². The van der Waals surface area contributed by atoms with Crippen LogP contribution in [0.25, 0.3) is 21.9 Å². The number of hydrogen-bond donors (Lipinski definition) is 3. The fourth-order valence-electron chi connectivity index (χ4n) is 1.51. The molecular weight excluding hydrogens is 240 g/mol. The lowest BCUT2D eigenvalue weighted by Gasteiger charge is -1.89. The van der Waals surface area contributed by atoms with Crippen molar-refractivity contribution in [3.05, 3.63) is 21.6 Å². The Kier molecular flexibility index (Phi) is 1.99. The molecule has 0 aliphatic carbocycles. The standard InChI is InChI=1S/C9H8N6OS/c1-3-11-2-4(17-3)6-12-5-7(13-6)14-9(10)15-8(5)16/h2H,1H3,(H4,10,12,13,14,15,16). The summed E-state index contributed by atoms with van der Waals surface area (Å²) in [6.07, 6.45) is 1.70. The third kappa shape index (κ3) is 1.58. The highest BCUT2D eigenvalue weighted by molar-refractivity contribution is 7.14. The largest absolute Gasteiger partial charge is 0.369 e. The lowest BCUT2D eigenvalue weighted by molar-refractivity contribution is 1.17. The van der Waals surface area contributed by atoms with Gasteiger partial charge in [0.1, 0.15) is 0 Å². The van der Waals surface area contributed by atoms with E-state index in [-0.39, 0.29) is 11.5 Å². The van der Waals surface area contributed by atoms with Crippen LogP contribution in [-0.2, 0) is 0 Å². The molecule has 3 aromatic heterocycles. The minimum absolute atomic E-state index is 0.0565. The van der Waals surface area contributed by atoms with Crippen LogP contribution in [-0.4, -0.2) is 24.9 Å². The summed E-state index contributed by atoms with van der Waals surface area (Å²) < 4.78 is 0. The zero-order chi connectivity index (χ0) is 12.0. The minimum atomic E-state index is -0.326. The predicted molar refractivity (Wildman–Crippen MR) is 64.8 cm³/mol. The summed E-state index contributed by atoms with van der Waals surface area (Å²) in [4.78, 5) is 30.1. The molecule has 0 aliphatic rings. The van der Waals surface area contributed by atoms with Crippen molar-refractivity contribution in [2.75, 3.05) is 5.73 Å². The number of nitrogens with one attached hydrogen (secondary N) is 2. The van der Waals surface area contributed by atoms with E-state index < -0.39 is 0 Å². The molecule has 0 bridgehead atoms. The van der Waals surface area contributed by atoms with Gasteiger partial charge >= 0.3 is 0 Å². The number of rotatable bonds is 1. The number of anilines is 1. The zero-order valence-electron chi connectivity index (χ0n) is 8.81. The van der Waals surface area contributed by atoms with Crippen molar-refractivity contribution < 1.29 is 0 Å².